The van der Waals surface area contributed by atoms with E-state index >= 15 is 0 Å². The number of rotatable bonds is 6. The van der Waals surface area contributed by atoms with Crippen molar-refractivity contribution in [2.24, 2.45) is 0 Å². The minimum Gasteiger partial charge on any atom is -0.497 e. The van der Waals surface area contributed by atoms with Gasteiger partial charge in [-0.3, -0.25) is 4.79 Å². The lowest BCUT2D eigenvalue weighted by Gasteiger charge is -2.17. The fourth-order valence-corrected chi connectivity index (χ4v) is 2.41. The van der Waals surface area contributed by atoms with Crippen molar-refractivity contribution in [1.29, 1.82) is 0 Å². The van der Waals surface area contributed by atoms with Crippen LogP contribution < -0.4 is 19.5 Å². The average molecular weight is 370 g/mol. The highest BCUT2D eigenvalue weighted by Crippen LogP contribution is 2.30. The van der Waals surface area contributed by atoms with Gasteiger partial charge in [0.1, 0.15) is 17.2 Å². The Labute approximate surface area is 150 Å². The molecule has 0 saturated carbocycles. The van der Waals surface area contributed by atoms with E-state index in [4.69, 9.17) is 37.4 Å². The summed E-state index contributed by atoms with van der Waals surface area (Å²) in [7, 11) is 3.06. The minimum absolute atomic E-state index is 0.334. The first-order chi connectivity index (χ1) is 11.4. The summed E-state index contributed by atoms with van der Waals surface area (Å²) in [6, 6.07) is 9.91. The van der Waals surface area contributed by atoms with E-state index in [9.17, 15) is 4.79 Å². The monoisotopic (exact) mass is 369 g/mol. The molecule has 0 aromatic heterocycles. The maximum Gasteiger partial charge on any atom is 0.265 e. The lowest BCUT2D eigenvalue weighted by molar-refractivity contribution is -0.122. The Morgan fingerprint density at radius 1 is 1.04 bits per heavy atom. The second-order valence-corrected chi connectivity index (χ2v) is 5.73. The maximum absolute atomic E-state index is 12.4. The van der Waals surface area contributed by atoms with Gasteiger partial charge in [-0.15, -0.1) is 0 Å². The Balaban J connectivity index is 2.11. The van der Waals surface area contributed by atoms with E-state index in [-0.39, 0.29) is 5.91 Å². The van der Waals surface area contributed by atoms with Crippen molar-refractivity contribution < 1.29 is 19.0 Å². The van der Waals surface area contributed by atoms with Crippen LogP contribution in [0.4, 0.5) is 5.69 Å². The van der Waals surface area contributed by atoms with E-state index in [2.05, 4.69) is 5.32 Å². The number of hydrogen-bond acceptors (Lipinski definition) is 4. The van der Waals surface area contributed by atoms with Crippen LogP contribution in [0.25, 0.3) is 0 Å². The summed E-state index contributed by atoms with van der Waals surface area (Å²) in [4.78, 5) is 12.4. The molecular formula is C17H17Cl2NO4. The lowest BCUT2D eigenvalue weighted by atomic mass is 10.2. The van der Waals surface area contributed by atoms with Crippen LogP contribution >= 0.6 is 23.2 Å². The van der Waals surface area contributed by atoms with E-state index in [1.54, 1.807) is 50.4 Å². The Morgan fingerprint density at radius 2 is 1.75 bits per heavy atom. The normalized spacial score (nSPS) is 11.5. The highest BCUT2D eigenvalue weighted by Gasteiger charge is 2.18. The number of methoxy groups -OCH3 is 2. The predicted octanol–water partition coefficient (Wildman–Crippen LogP) is 4.42. The number of ether oxygens (including phenoxy) is 3. The zero-order valence-electron chi connectivity index (χ0n) is 13.4. The molecule has 1 atom stereocenters. The van der Waals surface area contributed by atoms with E-state index in [0.29, 0.717) is 33.0 Å². The number of carbonyl (C=O) groups is 1. The fourth-order valence-electron chi connectivity index (χ4n) is 1.96. The Kier molecular flexibility index (Phi) is 6.17. The third kappa shape index (κ3) is 4.46. The number of halogens is 2. The van der Waals surface area contributed by atoms with Gasteiger partial charge in [-0.05, 0) is 37.3 Å². The number of hydrogen-bond donors (Lipinski definition) is 1. The zero-order chi connectivity index (χ0) is 17.7. The highest BCUT2D eigenvalue weighted by molar-refractivity contribution is 6.35. The van der Waals surface area contributed by atoms with E-state index < -0.39 is 6.10 Å². The second-order valence-electron chi connectivity index (χ2n) is 4.89. The van der Waals surface area contributed by atoms with Gasteiger partial charge in [0.15, 0.2) is 6.10 Å². The zero-order valence-corrected chi connectivity index (χ0v) is 14.9. The van der Waals surface area contributed by atoms with Crippen molar-refractivity contribution in [3.63, 3.8) is 0 Å². The summed E-state index contributed by atoms with van der Waals surface area (Å²) in [6.07, 6.45) is -0.778. The Bertz CT molecular complexity index is 737. The average Bonchev–Trinajstić information content (AvgIpc) is 2.57. The molecule has 0 fully saturated rings. The number of amides is 1. The van der Waals surface area contributed by atoms with Crippen molar-refractivity contribution in [2.75, 3.05) is 19.5 Å². The van der Waals surface area contributed by atoms with Crippen LogP contribution in [0.2, 0.25) is 10.0 Å². The molecule has 1 unspecified atom stereocenters. The molecule has 0 aliphatic heterocycles. The molecule has 5 nitrogen and oxygen atoms in total. The molecule has 24 heavy (non-hydrogen) atoms. The predicted molar refractivity (Wildman–Crippen MR) is 94.7 cm³/mol. The SMILES string of the molecule is COc1ccc(OC)c(NC(=O)C(C)Oc2ccc(Cl)cc2Cl)c1. The summed E-state index contributed by atoms with van der Waals surface area (Å²) in [5.74, 6) is 1.13. The van der Waals surface area contributed by atoms with Gasteiger partial charge in [-0.1, -0.05) is 23.2 Å². The van der Waals surface area contributed by atoms with Crippen molar-refractivity contribution in [3.05, 3.63) is 46.4 Å². The molecule has 2 rings (SSSR count). The molecule has 1 amide bonds. The van der Waals surface area contributed by atoms with Gasteiger partial charge in [0.25, 0.3) is 5.91 Å². The van der Waals surface area contributed by atoms with Crippen molar-refractivity contribution in [1.82, 2.24) is 0 Å². The summed E-state index contributed by atoms with van der Waals surface area (Å²) < 4.78 is 16.0. The number of carbonyl (C=O) groups excluding carboxylic acids is 1. The first-order valence-electron chi connectivity index (χ1n) is 7.09. The first kappa shape index (κ1) is 18.2. The first-order valence-corrected chi connectivity index (χ1v) is 7.84. The molecule has 2 aromatic carbocycles. The quantitative estimate of drug-likeness (QED) is 0.818. The van der Waals surface area contributed by atoms with Gasteiger partial charge in [0.2, 0.25) is 0 Å². The second kappa shape index (κ2) is 8.13. The van der Waals surface area contributed by atoms with Gasteiger partial charge < -0.3 is 19.5 Å². The molecule has 0 radical (unpaired) electrons. The molecular weight excluding hydrogens is 353 g/mol. The van der Waals surface area contributed by atoms with Crippen molar-refractivity contribution in [2.45, 2.75) is 13.0 Å². The van der Waals surface area contributed by atoms with Crippen LogP contribution in [0.15, 0.2) is 36.4 Å². The minimum atomic E-state index is -0.778. The van der Waals surface area contributed by atoms with E-state index in [1.165, 1.54) is 7.11 Å². The van der Waals surface area contributed by atoms with Gasteiger partial charge in [0.05, 0.1) is 24.9 Å². The summed E-state index contributed by atoms with van der Waals surface area (Å²) in [5.41, 5.74) is 0.486. The molecule has 7 heteroatoms. The van der Waals surface area contributed by atoms with E-state index in [1.807, 2.05) is 0 Å². The van der Waals surface area contributed by atoms with Crippen LogP contribution in [0.5, 0.6) is 17.2 Å². The molecule has 0 saturated heterocycles. The molecule has 0 aliphatic carbocycles. The van der Waals surface area contributed by atoms with Gasteiger partial charge >= 0.3 is 0 Å². The summed E-state index contributed by atoms with van der Waals surface area (Å²) in [5, 5.41) is 3.57. The van der Waals surface area contributed by atoms with Gasteiger partial charge in [-0.2, -0.15) is 0 Å². The molecule has 128 valence electrons. The van der Waals surface area contributed by atoms with Crippen LogP contribution in [0.1, 0.15) is 6.92 Å². The summed E-state index contributed by atoms with van der Waals surface area (Å²) in [6.45, 7) is 1.62. The molecule has 1 N–H and O–H groups in total. The maximum atomic E-state index is 12.4. The molecule has 0 spiro atoms. The van der Waals surface area contributed by atoms with Gasteiger partial charge in [-0.25, -0.2) is 0 Å². The highest BCUT2D eigenvalue weighted by atomic mass is 35.5. The van der Waals surface area contributed by atoms with E-state index in [0.717, 1.165) is 0 Å². The van der Waals surface area contributed by atoms with Gasteiger partial charge in [0, 0.05) is 11.1 Å². The van der Waals surface area contributed by atoms with Crippen molar-refractivity contribution >= 4 is 34.8 Å². The molecule has 0 bridgehead atoms. The standard InChI is InChI=1S/C17H17Cl2NO4/c1-10(24-15-6-4-11(18)8-13(15)19)17(21)20-14-9-12(22-2)5-7-16(14)23-3/h4-10H,1-3H3,(H,20,21). The smallest absolute Gasteiger partial charge is 0.265 e. The molecule has 0 heterocycles. The Hall–Kier alpha value is -2.11. The fraction of sp³-hybridized carbons (Fsp3) is 0.235. The molecule has 0 aliphatic rings. The third-order valence-electron chi connectivity index (χ3n) is 3.23. The summed E-state index contributed by atoms with van der Waals surface area (Å²) >= 11 is 11.9. The third-order valence-corrected chi connectivity index (χ3v) is 3.76. The largest absolute Gasteiger partial charge is 0.497 e. The molecule has 2 aromatic rings. The Morgan fingerprint density at radius 3 is 2.38 bits per heavy atom. The number of nitrogens with one attached hydrogen (secondary N) is 1. The van der Waals surface area contributed by atoms with Crippen molar-refractivity contribution in [3.8, 4) is 17.2 Å². The van der Waals surface area contributed by atoms with Crippen LogP contribution in [0, 0.1) is 0 Å². The number of anilines is 1. The van der Waals surface area contributed by atoms with Crippen LogP contribution in [-0.2, 0) is 4.79 Å². The number of benzene rings is 2. The van der Waals surface area contributed by atoms with Crippen LogP contribution in [0.3, 0.4) is 0 Å². The lowest BCUT2D eigenvalue weighted by Crippen LogP contribution is -2.30. The van der Waals surface area contributed by atoms with Crippen LogP contribution in [-0.4, -0.2) is 26.2 Å². The topological polar surface area (TPSA) is 56.8 Å².